The number of benzene rings is 2. The number of carbonyl (C=O) groups is 1. The maximum atomic E-state index is 12.3. The molecule has 0 unspecified atom stereocenters. The van der Waals surface area contributed by atoms with Crippen LogP contribution in [-0.2, 0) is 10.2 Å². The van der Waals surface area contributed by atoms with E-state index in [0.29, 0.717) is 23.6 Å². The smallest absolute Gasteiger partial charge is 0.301 e. The molecule has 0 saturated carbocycles. The summed E-state index contributed by atoms with van der Waals surface area (Å²) in [6.45, 7) is 2.82. The Hall–Kier alpha value is -2.42. The summed E-state index contributed by atoms with van der Waals surface area (Å²) in [6, 6.07) is 14.1. The van der Waals surface area contributed by atoms with Crippen LogP contribution in [0.25, 0.3) is 0 Å². The molecule has 1 heterocycles. The highest BCUT2D eigenvalue weighted by molar-refractivity contribution is 7.90. The predicted molar refractivity (Wildman–Crippen MR) is 123 cm³/mol. The second kappa shape index (κ2) is 10.3. The zero-order chi connectivity index (χ0) is 22.4. The SMILES string of the molecule is CN(C)S(=O)(=O)Nc1cccc(C2CCN(CCCC(=O)c3ccc(O)cc3)CC2)c1. The molecule has 0 bridgehead atoms. The van der Waals surface area contributed by atoms with Crippen molar-refractivity contribution < 1.29 is 18.3 Å². The summed E-state index contributed by atoms with van der Waals surface area (Å²) in [7, 11) is -0.512. The van der Waals surface area contributed by atoms with Crippen LogP contribution in [0.15, 0.2) is 48.5 Å². The summed E-state index contributed by atoms with van der Waals surface area (Å²) in [5.74, 6) is 0.672. The Bertz CT molecular complexity index is 982. The average Bonchev–Trinajstić information content (AvgIpc) is 2.74. The number of hydrogen-bond donors (Lipinski definition) is 2. The van der Waals surface area contributed by atoms with Crippen molar-refractivity contribution in [3.8, 4) is 5.75 Å². The second-order valence-electron chi connectivity index (χ2n) is 8.20. The molecule has 1 fully saturated rings. The van der Waals surface area contributed by atoms with Gasteiger partial charge in [0.1, 0.15) is 5.75 Å². The minimum absolute atomic E-state index is 0.104. The van der Waals surface area contributed by atoms with Crippen molar-refractivity contribution in [2.24, 2.45) is 0 Å². The first-order valence-corrected chi connectivity index (χ1v) is 12.0. The number of rotatable bonds is 9. The van der Waals surface area contributed by atoms with Crippen molar-refractivity contribution in [2.75, 3.05) is 38.5 Å². The summed E-state index contributed by atoms with van der Waals surface area (Å²) in [5, 5.41) is 9.33. The van der Waals surface area contributed by atoms with Crippen LogP contribution in [0, 0.1) is 0 Å². The molecule has 2 N–H and O–H groups in total. The first-order valence-electron chi connectivity index (χ1n) is 10.6. The van der Waals surface area contributed by atoms with Crippen LogP contribution in [0.2, 0.25) is 0 Å². The monoisotopic (exact) mass is 445 g/mol. The van der Waals surface area contributed by atoms with E-state index < -0.39 is 10.2 Å². The number of phenols is 1. The van der Waals surface area contributed by atoms with Gasteiger partial charge in [-0.3, -0.25) is 9.52 Å². The molecule has 0 amide bonds. The van der Waals surface area contributed by atoms with E-state index in [2.05, 4.69) is 15.7 Å². The van der Waals surface area contributed by atoms with E-state index in [0.717, 1.165) is 48.8 Å². The van der Waals surface area contributed by atoms with E-state index in [-0.39, 0.29) is 11.5 Å². The third-order valence-corrected chi connectivity index (χ3v) is 7.20. The molecule has 2 aromatic carbocycles. The summed E-state index contributed by atoms with van der Waals surface area (Å²) in [5.41, 5.74) is 2.38. The summed E-state index contributed by atoms with van der Waals surface area (Å²) in [4.78, 5) is 14.6. The molecule has 2 aromatic rings. The zero-order valence-electron chi connectivity index (χ0n) is 18.1. The Morgan fingerprint density at radius 1 is 1.13 bits per heavy atom. The number of Topliss-reactive ketones (excluding diaryl/α,β-unsaturated/α-hetero) is 1. The molecular weight excluding hydrogens is 414 g/mol. The highest BCUT2D eigenvalue weighted by Gasteiger charge is 2.21. The third-order valence-electron chi connectivity index (χ3n) is 5.74. The van der Waals surface area contributed by atoms with Gasteiger partial charge in [-0.25, -0.2) is 0 Å². The van der Waals surface area contributed by atoms with Gasteiger partial charge in [0, 0.05) is 26.1 Å². The molecule has 7 nitrogen and oxygen atoms in total. The fourth-order valence-electron chi connectivity index (χ4n) is 3.84. The molecule has 0 radical (unpaired) electrons. The lowest BCUT2D eigenvalue weighted by Gasteiger charge is -2.32. The van der Waals surface area contributed by atoms with Gasteiger partial charge >= 0.3 is 10.2 Å². The number of likely N-dealkylation sites (tertiary alicyclic amines) is 1. The number of ketones is 1. The second-order valence-corrected chi connectivity index (χ2v) is 10.1. The van der Waals surface area contributed by atoms with Crippen LogP contribution in [0.3, 0.4) is 0 Å². The molecule has 1 saturated heterocycles. The Kier molecular flexibility index (Phi) is 7.69. The minimum Gasteiger partial charge on any atom is -0.508 e. The van der Waals surface area contributed by atoms with E-state index >= 15 is 0 Å². The Balaban J connectivity index is 1.46. The average molecular weight is 446 g/mol. The maximum absolute atomic E-state index is 12.3. The van der Waals surface area contributed by atoms with Gasteiger partial charge in [-0.2, -0.15) is 12.7 Å². The lowest BCUT2D eigenvalue weighted by molar-refractivity contribution is 0.0972. The largest absolute Gasteiger partial charge is 0.508 e. The molecule has 0 aromatic heterocycles. The minimum atomic E-state index is -3.51. The lowest BCUT2D eigenvalue weighted by Crippen LogP contribution is -2.34. The van der Waals surface area contributed by atoms with Crippen molar-refractivity contribution in [3.05, 3.63) is 59.7 Å². The molecule has 1 aliphatic rings. The number of phenolic OH excluding ortho intramolecular Hbond substituents is 1. The molecule has 0 atom stereocenters. The number of nitrogens with zero attached hydrogens (tertiary/aromatic N) is 2. The molecule has 31 heavy (non-hydrogen) atoms. The van der Waals surface area contributed by atoms with E-state index in [1.54, 1.807) is 30.3 Å². The predicted octanol–water partition coefficient (Wildman–Crippen LogP) is 3.45. The fourth-order valence-corrected chi connectivity index (χ4v) is 4.45. The molecular formula is C23H31N3O4S. The Morgan fingerprint density at radius 3 is 2.45 bits per heavy atom. The standard InChI is InChI=1S/C23H31N3O4S/c1-25(2)31(29,30)24-21-6-3-5-20(17-21)18-12-15-26(16-13-18)14-4-7-23(28)19-8-10-22(27)11-9-19/h3,5-6,8-11,17-18,24,27H,4,7,12-16H2,1-2H3. The number of carbonyl (C=O) groups excluding carboxylic acids is 1. The van der Waals surface area contributed by atoms with Gasteiger partial charge in [0.05, 0.1) is 5.69 Å². The number of nitrogens with one attached hydrogen (secondary N) is 1. The van der Waals surface area contributed by atoms with Crippen LogP contribution in [0.5, 0.6) is 5.75 Å². The summed E-state index contributed by atoms with van der Waals surface area (Å²) in [6.07, 6.45) is 3.33. The van der Waals surface area contributed by atoms with E-state index in [1.807, 2.05) is 12.1 Å². The van der Waals surface area contributed by atoms with Crippen LogP contribution >= 0.6 is 0 Å². The lowest BCUT2D eigenvalue weighted by atomic mass is 9.89. The van der Waals surface area contributed by atoms with Crippen LogP contribution in [0.4, 0.5) is 5.69 Å². The fraction of sp³-hybridized carbons (Fsp3) is 0.435. The van der Waals surface area contributed by atoms with Crippen molar-refractivity contribution in [1.29, 1.82) is 0 Å². The normalized spacial score (nSPS) is 15.8. The molecule has 8 heteroatoms. The van der Waals surface area contributed by atoms with Gasteiger partial charge < -0.3 is 10.0 Å². The Labute approximate surface area is 184 Å². The van der Waals surface area contributed by atoms with Crippen molar-refractivity contribution >= 4 is 21.7 Å². The Morgan fingerprint density at radius 2 is 1.81 bits per heavy atom. The molecule has 0 spiro atoms. The molecule has 168 valence electrons. The van der Waals surface area contributed by atoms with Crippen molar-refractivity contribution in [2.45, 2.75) is 31.6 Å². The molecule has 3 rings (SSSR count). The quantitative estimate of drug-likeness (QED) is 0.577. The van der Waals surface area contributed by atoms with Gasteiger partial charge in [0.2, 0.25) is 0 Å². The van der Waals surface area contributed by atoms with Crippen LogP contribution < -0.4 is 4.72 Å². The highest BCUT2D eigenvalue weighted by atomic mass is 32.2. The maximum Gasteiger partial charge on any atom is 0.301 e. The van der Waals surface area contributed by atoms with Crippen molar-refractivity contribution in [1.82, 2.24) is 9.21 Å². The van der Waals surface area contributed by atoms with Crippen LogP contribution in [-0.4, -0.2) is 62.2 Å². The first kappa shape index (κ1) is 23.2. The number of anilines is 1. The van der Waals surface area contributed by atoms with E-state index in [4.69, 9.17) is 0 Å². The molecule has 0 aliphatic carbocycles. The zero-order valence-corrected chi connectivity index (χ0v) is 18.9. The topological polar surface area (TPSA) is 90.0 Å². The van der Waals surface area contributed by atoms with Gasteiger partial charge in [-0.15, -0.1) is 0 Å². The van der Waals surface area contributed by atoms with E-state index in [1.165, 1.54) is 14.1 Å². The number of aromatic hydroxyl groups is 1. The van der Waals surface area contributed by atoms with Crippen molar-refractivity contribution in [3.63, 3.8) is 0 Å². The summed E-state index contributed by atoms with van der Waals surface area (Å²) < 4.78 is 27.9. The third kappa shape index (κ3) is 6.53. The van der Waals surface area contributed by atoms with Crippen LogP contribution in [0.1, 0.15) is 47.5 Å². The highest BCUT2D eigenvalue weighted by Crippen LogP contribution is 2.30. The van der Waals surface area contributed by atoms with Gasteiger partial charge in [0.25, 0.3) is 0 Å². The van der Waals surface area contributed by atoms with E-state index in [9.17, 15) is 18.3 Å². The number of hydrogen-bond acceptors (Lipinski definition) is 5. The summed E-state index contributed by atoms with van der Waals surface area (Å²) >= 11 is 0. The van der Waals surface area contributed by atoms with Gasteiger partial charge in [-0.1, -0.05) is 12.1 Å². The molecule has 1 aliphatic heterocycles. The van der Waals surface area contributed by atoms with Gasteiger partial charge in [-0.05, 0) is 86.8 Å². The number of piperidine rings is 1. The van der Waals surface area contributed by atoms with Gasteiger partial charge in [0.15, 0.2) is 5.78 Å². The first-order chi connectivity index (χ1) is 14.7.